The first-order valence-electron chi connectivity index (χ1n) is 7.04. The van der Waals surface area contributed by atoms with E-state index in [4.69, 9.17) is 9.26 Å². The van der Waals surface area contributed by atoms with Crippen LogP contribution >= 0.6 is 0 Å². The number of hydrogen-bond donors (Lipinski definition) is 1. The molecule has 21 heavy (non-hydrogen) atoms. The predicted molar refractivity (Wildman–Crippen MR) is 76.5 cm³/mol. The van der Waals surface area contributed by atoms with E-state index >= 15 is 0 Å². The van der Waals surface area contributed by atoms with Gasteiger partial charge in [0.15, 0.2) is 12.4 Å². The second-order valence-electron chi connectivity index (χ2n) is 5.02. The molecule has 1 heterocycles. The number of rotatable bonds is 7. The number of halogens is 1. The van der Waals surface area contributed by atoms with Gasteiger partial charge in [-0.3, -0.25) is 0 Å². The molecule has 1 N–H and O–H groups in total. The van der Waals surface area contributed by atoms with Crippen molar-refractivity contribution < 1.29 is 13.7 Å². The van der Waals surface area contributed by atoms with Crippen LogP contribution in [0.3, 0.4) is 0 Å². The van der Waals surface area contributed by atoms with Gasteiger partial charge in [0.05, 0.1) is 0 Å². The number of nitrogens with zero attached hydrogens (tertiary/aromatic N) is 2. The standard InChI is InChI=1S/C15H20FN3O2/c1-4-17-8-11-7-12(16)5-6-13(11)20-9-14-18-15(10(2)3)19-21-14/h5-7,10,17H,4,8-9H2,1-3H3. The third-order valence-corrected chi connectivity index (χ3v) is 2.94. The zero-order valence-corrected chi connectivity index (χ0v) is 12.5. The molecule has 2 rings (SSSR count). The Hall–Kier alpha value is -1.95. The van der Waals surface area contributed by atoms with Gasteiger partial charge in [-0.15, -0.1) is 0 Å². The molecule has 1 aromatic heterocycles. The highest BCUT2D eigenvalue weighted by Crippen LogP contribution is 2.21. The van der Waals surface area contributed by atoms with Gasteiger partial charge in [-0.1, -0.05) is 25.9 Å². The highest BCUT2D eigenvalue weighted by molar-refractivity contribution is 5.34. The monoisotopic (exact) mass is 293 g/mol. The smallest absolute Gasteiger partial charge is 0.264 e. The van der Waals surface area contributed by atoms with Crippen molar-refractivity contribution >= 4 is 0 Å². The van der Waals surface area contributed by atoms with Crippen LogP contribution in [0.15, 0.2) is 22.7 Å². The second-order valence-corrected chi connectivity index (χ2v) is 5.02. The summed E-state index contributed by atoms with van der Waals surface area (Å²) >= 11 is 0. The summed E-state index contributed by atoms with van der Waals surface area (Å²) < 4.78 is 24.1. The quantitative estimate of drug-likeness (QED) is 0.850. The van der Waals surface area contributed by atoms with E-state index in [0.717, 1.165) is 12.1 Å². The van der Waals surface area contributed by atoms with E-state index in [9.17, 15) is 4.39 Å². The molecule has 0 radical (unpaired) electrons. The molecule has 0 aliphatic rings. The minimum atomic E-state index is -0.282. The van der Waals surface area contributed by atoms with Crippen LogP contribution in [-0.2, 0) is 13.2 Å². The van der Waals surface area contributed by atoms with Crippen molar-refractivity contribution in [3.63, 3.8) is 0 Å². The maximum absolute atomic E-state index is 13.3. The lowest BCUT2D eigenvalue weighted by Crippen LogP contribution is -2.13. The molecule has 1 aromatic carbocycles. The summed E-state index contributed by atoms with van der Waals surface area (Å²) in [6.45, 7) is 7.49. The van der Waals surface area contributed by atoms with Crippen molar-refractivity contribution in [2.75, 3.05) is 6.54 Å². The van der Waals surface area contributed by atoms with Gasteiger partial charge in [0.2, 0.25) is 0 Å². The largest absolute Gasteiger partial charge is 0.483 e. The topological polar surface area (TPSA) is 60.2 Å². The van der Waals surface area contributed by atoms with Crippen LogP contribution in [0.4, 0.5) is 4.39 Å². The summed E-state index contributed by atoms with van der Waals surface area (Å²) in [5, 5.41) is 7.03. The Morgan fingerprint density at radius 3 is 2.86 bits per heavy atom. The van der Waals surface area contributed by atoms with E-state index in [2.05, 4.69) is 15.5 Å². The first kappa shape index (κ1) is 15.4. The van der Waals surface area contributed by atoms with Gasteiger partial charge in [-0.05, 0) is 24.7 Å². The van der Waals surface area contributed by atoms with Crippen LogP contribution in [0.5, 0.6) is 5.75 Å². The van der Waals surface area contributed by atoms with E-state index in [1.165, 1.54) is 12.1 Å². The maximum Gasteiger partial charge on any atom is 0.264 e. The molecule has 0 bridgehead atoms. The summed E-state index contributed by atoms with van der Waals surface area (Å²) in [4.78, 5) is 4.24. The zero-order valence-electron chi connectivity index (χ0n) is 12.5. The van der Waals surface area contributed by atoms with Gasteiger partial charge in [0.25, 0.3) is 5.89 Å². The summed E-state index contributed by atoms with van der Waals surface area (Å²) in [5.74, 6) is 1.60. The van der Waals surface area contributed by atoms with Crippen LogP contribution < -0.4 is 10.1 Å². The lowest BCUT2D eigenvalue weighted by molar-refractivity contribution is 0.240. The van der Waals surface area contributed by atoms with Gasteiger partial charge in [-0.2, -0.15) is 4.98 Å². The molecule has 0 saturated heterocycles. The molecule has 0 fully saturated rings. The van der Waals surface area contributed by atoms with Gasteiger partial charge < -0.3 is 14.6 Å². The van der Waals surface area contributed by atoms with Crippen molar-refractivity contribution in [1.29, 1.82) is 0 Å². The Bertz CT molecular complexity index is 584. The molecule has 0 amide bonds. The maximum atomic E-state index is 13.3. The lowest BCUT2D eigenvalue weighted by Gasteiger charge is -2.10. The molecule has 0 aliphatic carbocycles. The predicted octanol–water partition coefficient (Wildman–Crippen LogP) is 3.02. The van der Waals surface area contributed by atoms with E-state index in [1.807, 2.05) is 20.8 Å². The third-order valence-electron chi connectivity index (χ3n) is 2.94. The zero-order chi connectivity index (χ0) is 15.2. The van der Waals surface area contributed by atoms with Gasteiger partial charge in [-0.25, -0.2) is 4.39 Å². The Balaban J connectivity index is 2.04. The minimum absolute atomic E-state index is 0.171. The number of aromatic nitrogens is 2. The van der Waals surface area contributed by atoms with Crippen molar-refractivity contribution in [2.24, 2.45) is 0 Å². The van der Waals surface area contributed by atoms with Crippen LogP contribution in [0.25, 0.3) is 0 Å². The summed E-state index contributed by atoms with van der Waals surface area (Å²) in [7, 11) is 0. The Morgan fingerprint density at radius 2 is 2.19 bits per heavy atom. The number of ether oxygens (including phenoxy) is 1. The van der Waals surface area contributed by atoms with Crippen LogP contribution in [0.1, 0.15) is 44.0 Å². The van der Waals surface area contributed by atoms with Crippen molar-refractivity contribution in [3.8, 4) is 5.75 Å². The average molecular weight is 293 g/mol. The summed E-state index contributed by atoms with van der Waals surface area (Å²) in [6, 6.07) is 4.45. The molecule has 6 heteroatoms. The summed E-state index contributed by atoms with van der Waals surface area (Å²) in [5.41, 5.74) is 0.764. The molecule has 0 aliphatic heterocycles. The fourth-order valence-electron chi connectivity index (χ4n) is 1.79. The third kappa shape index (κ3) is 4.26. The van der Waals surface area contributed by atoms with Crippen LogP contribution in [-0.4, -0.2) is 16.7 Å². The Labute approximate surface area is 123 Å². The fraction of sp³-hybridized carbons (Fsp3) is 0.467. The summed E-state index contributed by atoms with van der Waals surface area (Å²) in [6.07, 6.45) is 0. The van der Waals surface area contributed by atoms with Gasteiger partial charge in [0.1, 0.15) is 11.6 Å². The first-order chi connectivity index (χ1) is 10.1. The molecule has 0 unspecified atom stereocenters. The highest BCUT2D eigenvalue weighted by Gasteiger charge is 2.11. The Kier molecular flexibility index (Phi) is 5.27. The molecule has 0 saturated carbocycles. The molecule has 5 nitrogen and oxygen atoms in total. The lowest BCUT2D eigenvalue weighted by atomic mass is 10.2. The van der Waals surface area contributed by atoms with E-state index in [0.29, 0.717) is 24.0 Å². The van der Waals surface area contributed by atoms with Crippen molar-refractivity contribution in [3.05, 3.63) is 41.3 Å². The first-order valence-corrected chi connectivity index (χ1v) is 7.04. The molecular formula is C15H20FN3O2. The molecule has 0 spiro atoms. The number of nitrogens with one attached hydrogen (secondary N) is 1. The molecule has 2 aromatic rings. The number of benzene rings is 1. The normalized spacial score (nSPS) is 11.1. The van der Waals surface area contributed by atoms with Crippen molar-refractivity contribution in [2.45, 2.75) is 39.8 Å². The Morgan fingerprint density at radius 1 is 1.38 bits per heavy atom. The molecule has 0 atom stereocenters. The SMILES string of the molecule is CCNCc1cc(F)ccc1OCc1nc(C(C)C)no1. The van der Waals surface area contributed by atoms with E-state index < -0.39 is 0 Å². The molecular weight excluding hydrogens is 273 g/mol. The van der Waals surface area contributed by atoms with Gasteiger partial charge >= 0.3 is 0 Å². The van der Waals surface area contributed by atoms with E-state index in [1.54, 1.807) is 6.07 Å². The average Bonchev–Trinajstić information content (AvgIpc) is 2.93. The molecule has 114 valence electrons. The van der Waals surface area contributed by atoms with E-state index in [-0.39, 0.29) is 18.3 Å². The second kappa shape index (κ2) is 7.17. The number of hydrogen-bond acceptors (Lipinski definition) is 5. The fourth-order valence-corrected chi connectivity index (χ4v) is 1.79. The van der Waals surface area contributed by atoms with Gasteiger partial charge in [0, 0.05) is 18.0 Å². The highest BCUT2D eigenvalue weighted by atomic mass is 19.1. The van der Waals surface area contributed by atoms with Crippen LogP contribution in [0.2, 0.25) is 0 Å². The van der Waals surface area contributed by atoms with Crippen LogP contribution in [0, 0.1) is 5.82 Å². The minimum Gasteiger partial charge on any atom is -0.483 e. The van der Waals surface area contributed by atoms with Crippen molar-refractivity contribution in [1.82, 2.24) is 15.5 Å².